The number of nitrogens with zero attached hydrogens (tertiary/aromatic N) is 1. The summed E-state index contributed by atoms with van der Waals surface area (Å²) in [4.78, 5) is 15.8. The monoisotopic (exact) mass is 420 g/mol. The van der Waals surface area contributed by atoms with Gasteiger partial charge in [-0.1, -0.05) is 84.4 Å². The molecular formula is C25H25ClN2O2. The van der Waals surface area contributed by atoms with Crippen LogP contribution in [0.15, 0.2) is 84.9 Å². The fraction of sp³-hybridized carbons (Fsp3) is 0.240. The first-order valence-electron chi connectivity index (χ1n) is 10.2. The average Bonchev–Trinajstić information content (AvgIpc) is 2.81. The molecule has 3 aromatic rings. The molecule has 1 atom stereocenters. The molecule has 0 radical (unpaired) electrons. The van der Waals surface area contributed by atoms with E-state index in [-0.39, 0.29) is 11.9 Å². The summed E-state index contributed by atoms with van der Waals surface area (Å²) in [6.07, 6.45) is 0. The zero-order valence-corrected chi connectivity index (χ0v) is 17.5. The number of rotatable bonds is 6. The van der Waals surface area contributed by atoms with Crippen molar-refractivity contribution in [1.82, 2.24) is 10.2 Å². The molecule has 1 aliphatic heterocycles. The number of hydrogen-bond donors (Lipinski definition) is 1. The zero-order valence-electron chi connectivity index (χ0n) is 16.7. The van der Waals surface area contributed by atoms with Crippen molar-refractivity contribution < 1.29 is 9.53 Å². The number of ether oxygens (including phenoxy) is 1. The number of nitrogens with one attached hydrogen (secondary N) is 1. The van der Waals surface area contributed by atoms with Gasteiger partial charge in [-0.15, -0.1) is 0 Å². The molecule has 1 unspecified atom stereocenters. The molecule has 30 heavy (non-hydrogen) atoms. The highest BCUT2D eigenvalue weighted by molar-refractivity contribution is 6.30. The van der Waals surface area contributed by atoms with E-state index in [1.54, 1.807) is 0 Å². The van der Waals surface area contributed by atoms with Gasteiger partial charge < -0.3 is 10.1 Å². The van der Waals surface area contributed by atoms with Gasteiger partial charge in [0, 0.05) is 18.1 Å². The number of hydrogen-bond acceptors (Lipinski definition) is 3. The summed E-state index contributed by atoms with van der Waals surface area (Å²) in [5, 5.41) is 3.96. The van der Waals surface area contributed by atoms with E-state index in [1.807, 2.05) is 84.9 Å². The molecule has 0 bridgehead atoms. The van der Waals surface area contributed by atoms with Crippen LogP contribution in [-0.2, 0) is 9.53 Å². The fourth-order valence-corrected chi connectivity index (χ4v) is 4.01. The Morgan fingerprint density at radius 2 is 1.33 bits per heavy atom. The van der Waals surface area contributed by atoms with Crippen LogP contribution in [0.5, 0.6) is 0 Å². The first-order valence-corrected chi connectivity index (χ1v) is 10.6. The predicted octanol–water partition coefficient (Wildman–Crippen LogP) is 4.62. The van der Waals surface area contributed by atoms with E-state index in [0.717, 1.165) is 16.7 Å². The summed E-state index contributed by atoms with van der Waals surface area (Å²) in [6.45, 7) is 2.67. The summed E-state index contributed by atoms with van der Waals surface area (Å²) >= 11 is 6.09. The molecule has 154 valence electrons. The summed E-state index contributed by atoms with van der Waals surface area (Å²) in [5.74, 6) is -0.0306. The molecule has 1 fully saturated rings. The van der Waals surface area contributed by atoms with Crippen molar-refractivity contribution in [2.24, 2.45) is 0 Å². The SMILES string of the molecule is O=C(NC(c1ccccc1)c1ccccc1)C(c1ccc(Cl)cc1)N1CCOCC1. The molecular weight excluding hydrogens is 396 g/mol. The van der Waals surface area contributed by atoms with Gasteiger partial charge in [0.25, 0.3) is 0 Å². The number of halogens is 1. The second-order valence-electron chi connectivity index (χ2n) is 7.37. The normalized spacial score (nSPS) is 15.7. The Kier molecular flexibility index (Phi) is 6.80. The molecule has 1 heterocycles. The van der Waals surface area contributed by atoms with Gasteiger partial charge in [-0.25, -0.2) is 0 Å². The molecule has 0 aromatic heterocycles. The van der Waals surface area contributed by atoms with Crippen molar-refractivity contribution in [3.05, 3.63) is 107 Å². The Hall–Kier alpha value is -2.66. The van der Waals surface area contributed by atoms with E-state index in [0.29, 0.717) is 31.3 Å². The number of carbonyl (C=O) groups excluding carboxylic acids is 1. The molecule has 0 aliphatic carbocycles. The topological polar surface area (TPSA) is 41.6 Å². The van der Waals surface area contributed by atoms with Gasteiger partial charge in [-0.2, -0.15) is 0 Å². The first kappa shape index (κ1) is 20.6. The lowest BCUT2D eigenvalue weighted by atomic mass is 9.97. The Morgan fingerprint density at radius 1 is 0.800 bits per heavy atom. The van der Waals surface area contributed by atoms with Crippen LogP contribution in [0, 0.1) is 0 Å². The highest BCUT2D eigenvalue weighted by Crippen LogP contribution is 2.27. The third-order valence-corrected chi connectivity index (χ3v) is 5.65. The molecule has 1 aliphatic rings. The lowest BCUT2D eigenvalue weighted by molar-refractivity contribution is -0.129. The van der Waals surface area contributed by atoms with Crippen LogP contribution in [0.4, 0.5) is 0 Å². The summed E-state index contributed by atoms with van der Waals surface area (Å²) < 4.78 is 5.51. The van der Waals surface area contributed by atoms with E-state index in [1.165, 1.54) is 0 Å². The minimum absolute atomic E-state index is 0.0306. The van der Waals surface area contributed by atoms with E-state index in [9.17, 15) is 4.79 Å². The highest BCUT2D eigenvalue weighted by atomic mass is 35.5. The summed E-state index contributed by atoms with van der Waals surface area (Å²) in [7, 11) is 0. The van der Waals surface area contributed by atoms with Crippen LogP contribution >= 0.6 is 11.6 Å². The minimum Gasteiger partial charge on any atom is -0.379 e. The first-order chi connectivity index (χ1) is 14.7. The van der Waals surface area contributed by atoms with E-state index >= 15 is 0 Å². The standard InChI is InChI=1S/C25H25ClN2O2/c26-22-13-11-21(12-14-22)24(28-15-17-30-18-16-28)25(29)27-23(19-7-3-1-4-8-19)20-9-5-2-6-10-20/h1-14,23-24H,15-18H2,(H,27,29). The maximum atomic E-state index is 13.7. The van der Waals surface area contributed by atoms with Crippen LogP contribution in [0.1, 0.15) is 28.8 Å². The van der Waals surface area contributed by atoms with Gasteiger partial charge in [0.1, 0.15) is 6.04 Å². The maximum Gasteiger partial charge on any atom is 0.242 e. The van der Waals surface area contributed by atoms with Crippen molar-refractivity contribution >= 4 is 17.5 Å². The number of morpholine rings is 1. The molecule has 3 aromatic carbocycles. The quantitative estimate of drug-likeness (QED) is 0.632. The van der Waals surface area contributed by atoms with E-state index < -0.39 is 6.04 Å². The van der Waals surface area contributed by atoms with E-state index in [2.05, 4.69) is 10.2 Å². The van der Waals surface area contributed by atoms with Gasteiger partial charge in [-0.3, -0.25) is 9.69 Å². The van der Waals surface area contributed by atoms with Crippen molar-refractivity contribution in [2.75, 3.05) is 26.3 Å². The highest BCUT2D eigenvalue weighted by Gasteiger charge is 2.31. The van der Waals surface area contributed by atoms with Crippen LogP contribution in [0.2, 0.25) is 5.02 Å². The van der Waals surface area contributed by atoms with Crippen molar-refractivity contribution in [2.45, 2.75) is 12.1 Å². The number of amides is 1. The Labute approximate surface area is 182 Å². The number of carbonyl (C=O) groups is 1. The average molecular weight is 421 g/mol. The fourth-order valence-electron chi connectivity index (χ4n) is 3.88. The molecule has 0 spiro atoms. The minimum atomic E-state index is -0.402. The van der Waals surface area contributed by atoms with Crippen LogP contribution in [0.3, 0.4) is 0 Å². The Balaban J connectivity index is 1.66. The number of benzene rings is 3. The maximum absolute atomic E-state index is 13.7. The molecule has 4 rings (SSSR count). The van der Waals surface area contributed by atoms with Gasteiger partial charge in [-0.05, 0) is 28.8 Å². The Bertz CT molecular complexity index is 902. The zero-order chi connectivity index (χ0) is 20.8. The molecule has 5 heteroatoms. The molecule has 1 amide bonds. The summed E-state index contributed by atoms with van der Waals surface area (Å²) in [5.41, 5.74) is 3.03. The third-order valence-electron chi connectivity index (χ3n) is 5.40. The third kappa shape index (κ3) is 4.90. The van der Waals surface area contributed by atoms with Crippen LogP contribution in [0.25, 0.3) is 0 Å². The largest absolute Gasteiger partial charge is 0.379 e. The second-order valence-corrected chi connectivity index (χ2v) is 7.80. The van der Waals surface area contributed by atoms with Gasteiger partial charge in [0.05, 0.1) is 19.3 Å². The van der Waals surface area contributed by atoms with Crippen LogP contribution in [-0.4, -0.2) is 37.1 Å². The van der Waals surface area contributed by atoms with Gasteiger partial charge >= 0.3 is 0 Å². The lowest BCUT2D eigenvalue weighted by Crippen LogP contribution is -2.46. The molecule has 4 nitrogen and oxygen atoms in total. The molecule has 1 N–H and O–H groups in total. The summed E-state index contributed by atoms with van der Waals surface area (Å²) in [6, 6.07) is 27.0. The van der Waals surface area contributed by atoms with E-state index in [4.69, 9.17) is 16.3 Å². The predicted molar refractivity (Wildman–Crippen MR) is 119 cm³/mol. The van der Waals surface area contributed by atoms with Crippen molar-refractivity contribution in [1.29, 1.82) is 0 Å². The van der Waals surface area contributed by atoms with Gasteiger partial charge in [0.2, 0.25) is 5.91 Å². The van der Waals surface area contributed by atoms with Crippen molar-refractivity contribution in [3.63, 3.8) is 0 Å². The second kappa shape index (κ2) is 9.90. The molecule has 1 saturated heterocycles. The lowest BCUT2D eigenvalue weighted by Gasteiger charge is -2.35. The van der Waals surface area contributed by atoms with Gasteiger partial charge in [0.15, 0.2) is 0 Å². The molecule has 0 saturated carbocycles. The Morgan fingerprint density at radius 3 is 1.87 bits per heavy atom. The van der Waals surface area contributed by atoms with Crippen molar-refractivity contribution in [3.8, 4) is 0 Å². The smallest absolute Gasteiger partial charge is 0.242 e. The van der Waals surface area contributed by atoms with Crippen LogP contribution < -0.4 is 5.32 Å².